The number of unbranched alkanes of at least 4 members (excludes halogenated alkanes) is 1. The summed E-state index contributed by atoms with van der Waals surface area (Å²) < 4.78 is 1.38. The van der Waals surface area contributed by atoms with Crippen LogP contribution >= 0.6 is 46.7 Å². The predicted octanol–water partition coefficient (Wildman–Crippen LogP) is 4.72. The minimum absolute atomic E-state index is 0.0597. The van der Waals surface area contributed by atoms with E-state index in [0.29, 0.717) is 26.5 Å². The van der Waals surface area contributed by atoms with Crippen LogP contribution in [0.2, 0.25) is 10.0 Å². The van der Waals surface area contributed by atoms with Gasteiger partial charge in [-0.15, -0.1) is 5.10 Å². The highest BCUT2D eigenvalue weighted by atomic mass is 35.5. The first-order valence-corrected chi connectivity index (χ1v) is 11.4. The Labute approximate surface area is 182 Å². The number of halogens is 2. The van der Waals surface area contributed by atoms with Gasteiger partial charge in [0, 0.05) is 5.75 Å². The minimum atomic E-state index is -0.590. The number of ketones is 1. The number of nitrogens with one attached hydrogen (secondary N) is 1. The van der Waals surface area contributed by atoms with Gasteiger partial charge in [0.25, 0.3) is 5.24 Å². The third-order valence-corrected chi connectivity index (χ3v) is 6.58. The highest BCUT2D eigenvalue weighted by Crippen LogP contribution is 2.37. The lowest BCUT2D eigenvalue weighted by atomic mass is 10.1. The van der Waals surface area contributed by atoms with Gasteiger partial charge >= 0.3 is 0 Å². The second-order valence-corrected chi connectivity index (χ2v) is 8.69. The van der Waals surface area contributed by atoms with E-state index >= 15 is 0 Å². The van der Waals surface area contributed by atoms with Crippen molar-refractivity contribution in [3.63, 3.8) is 0 Å². The Bertz CT molecular complexity index is 798. The van der Waals surface area contributed by atoms with Crippen molar-refractivity contribution in [1.82, 2.24) is 25.5 Å². The van der Waals surface area contributed by atoms with Gasteiger partial charge in [0.1, 0.15) is 6.54 Å². The first-order chi connectivity index (χ1) is 13.5. The highest BCUT2D eigenvalue weighted by Gasteiger charge is 2.22. The average Bonchev–Trinajstić information content (AvgIpc) is 3.09. The van der Waals surface area contributed by atoms with Gasteiger partial charge in [-0.3, -0.25) is 9.59 Å². The standard InChI is InChI=1S/C17H21Cl2N5O2S2/c1-3-5-9-27-17(26)20-13(4-2)14(25)10-24-16(21-22-23-24)28-15-11(18)7-6-8-12(15)19/h6-8,13H,3-5,9-10H2,1-2H3,(H,20,26). The Morgan fingerprint density at radius 3 is 2.61 bits per heavy atom. The molecular weight excluding hydrogens is 441 g/mol. The first kappa shape index (κ1) is 23.0. The van der Waals surface area contributed by atoms with Crippen molar-refractivity contribution in [2.45, 2.75) is 55.7 Å². The number of tetrazole rings is 1. The van der Waals surface area contributed by atoms with E-state index in [0.717, 1.165) is 18.6 Å². The van der Waals surface area contributed by atoms with E-state index in [2.05, 4.69) is 27.8 Å². The number of hydrogen-bond donors (Lipinski definition) is 1. The summed E-state index contributed by atoms with van der Waals surface area (Å²) in [6.45, 7) is 3.85. The van der Waals surface area contributed by atoms with Crippen LogP contribution in [0.5, 0.6) is 0 Å². The van der Waals surface area contributed by atoms with Crippen molar-refractivity contribution in [3.8, 4) is 0 Å². The number of Topliss-reactive ketones (excluding diaryl/α,β-unsaturated/α-hetero) is 1. The van der Waals surface area contributed by atoms with Gasteiger partial charge in [-0.25, -0.2) is 4.68 Å². The summed E-state index contributed by atoms with van der Waals surface area (Å²) in [5, 5.41) is 15.4. The van der Waals surface area contributed by atoms with E-state index in [1.54, 1.807) is 18.2 Å². The molecule has 0 fully saturated rings. The molecule has 0 spiro atoms. The van der Waals surface area contributed by atoms with Gasteiger partial charge in [-0.1, -0.05) is 61.3 Å². The zero-order chi connectivity index (χ0) is 20.5. The maximum atomic E-state index is 12.6. The van der Waals surface area contributed by atoms with Gasteiger partial charge in [-0.2, -0.15) is 0 Å². The third kappa shape index (κ3) is 6.65. The van der Waals surface area contributed by atoms with E-state index in [-0.39, 0.29) is 17.6 Å². The van der Waals surface area contributed by atoms with Gasteiger partial charge in [-0.05, 0) is 47.2 Å². The maximum Gasteiger partial charge on any atom is 0.279 e. The molecule has 0 aliphatic rings. The molecule has 2 aromatic rings. The topological polar surface area (TPSA) is 89.8 Å². The van der Waals surface area contributed by atoms with Gasteiger partial charge in [0.05, 0.1) is 21.0 Å². The fourth-order valence-electron chi connectivity index (χ4n) is 2.20. The highest BCUT2D eigenvalue weighted by molar-refractivity contribution is 8.13. The molecule has 152 valence electrons. The molecule has 11 heteroatoms. The van der Waals surface area contributed by atoms with Crippen LogP contribution in [0.4, 0.5) is 4.79 Å². The smallest absolute Gasteiger partial charge is 0.279 e. The number of hydrogen-bond acceptors (Lipinski definition) is 7. The van der Waals surface area contributed by atoms with Crippen LogP contribution in [0.25, 0.3) is 0 Å². The Morgan fingerprint density at radius 1 is 1.25 bits per heavy atom. The van der Waals surface area contributed by atoms with Crippen LogP contribution in [0.3, 0.4) is 0 Å². The summed E-state index contributed by atoms with van der Waals surface area (Å²) in [6, 6.07) is 4.59. The third-order valence-electron chi connectivity index (χ3n) is 3.74. The van der Waals surface area contributed by atoms with Gasteiger partial charge in [0.15, 0.2) is 5.78 Å². The lowest BCUT2D eigenvalue weighted by Crippen LogP contribution is -2.40. The molecule has 0 aliphatic carbocycles. The lowest BCUT2D eigenvalue weighted by molar-refractivity contribution is -0.121. The van der Waals surface area contributed by atoms with Crippen LogP contribution in [0.1, 0.15) is 33.1 Å². The van der Waals surface area contributed by atoms with Crippen molar-refractivity contribution in [2.75, 3.05) is 5.75 Å². The summed E-state index contributed by atoms with van der Waals surface area (Å²) in [5.41, 5.74) is 0. The Balaban J connectivity index is 2.02. The summed E-state index contributed by atoms with van der Waals surface area (Å²) >= 11 is 14.8. The van der Waals surface area contributed by atoms with E-state index in [9.17, 15) is 9.59 Å². The molecule has 0 saturated heterocycles. The molecule has 1 amide bonds. The molecule has 0 radical (unpaired) electrons. The van der Waals surface area contributed by atoms with Crippen molar-refractivity contribution >= 4 is 57.7 Å². The van der Waals surface area contributed by atoms with E-state index < -0.39 is 6.04 Å². The predicted molar refractivity (Wildman–Crippen MR) is 113 cm³/mol. The molecule has 1 N–H and O–H groups in total. The first-order valence-electron chi connectivity index (χ1n) is 8.80. The number of benzene rings is 1. The monoisotopic (exact) mass is 461 g/mol. The second-order valence-electron chi connectivity index (χ2n) is 5.83. The molecule has 2 rings (SSSR count). The number of aromatic nitrogens is 4. The molecule has 1 unspecified atom stereocenters. The van der Waals surface area contributed by atoms with Crippen LogP contribution in [0, 0.1) is 0 Å². The van der Waals surface area contributed by atoms with E-state index in [1.165, 1.54) is 28.2 Å². The SMILES string of the molecule is CCCCSC(=O)NC(CC)C(=O)Cn1nnnc1Sc1c(Cl)cccc1Cl. The number of thioether (sulfide) groups is 1. The second kappa shape index (κ2) is 11.6. The Kier molecular flexibility index (Phi) is 9.57. The Hall–Kier alpha value is -1.29. The molecule has 1 aromatic heterocycles. The van der Waals surface area contributed by atoms with Gasteiger partial charge < -0.3 is 5.32 Å². The summed E-state index contributed by atoms with van der Waals surface area (Å²) in [5.74, 6) is 0.561. The number of amides is 1. The molecule has 0 bridgehead atoms. The summed E-state index contributed by atoms with van der Waals surface area (Å²) in [4.78, 5) is 25.3. The fraction of sp³-hybridized carbons (Fsp3) is 0.471. The van der Waals surface area contributed by atoms with Crippen LogP contribution in [-0.4, -0.2) is 43.0 Å². The normalized spacial score (nSPS) is 12.0. The van der Waals surface area contributed by atoms with Crippen LogP contribution < -0.4 is 5.32 Å². The van der Waals surface area contributed by atoms with Crippen LogP contribution in [0.15, 0.2) is 28.3 Å². The van der Waals surface area contributed by atoms with E-state index in [4.69, 9.17) is 23.2 Å². The molecule has 1 heterocycles. The zero-order valence-electron chi connectivity index (χ0n) is 15.5. The van der Waals surface area contributed by atoms with Crippen LogP contribution in [-0.2, 0) is 11.3 Å². The number of nitrogens with zero attached hydrogens (tertiary/aromatic N) is 4. The molecule has 1 aromatic carbocycles. The van der Waals surface area contributed by atoms with Crippen molar-refractivity contribution in [3.05, 3.63) is 28.2 Å². The van der Waals surface area contributed by atoms with Gasteiger partial charge in [0.2, 0.25) is 5.16 Å². The molecule has 0 aliphatic heterocycles. The zero-order valence-corrected chi connectivity index (χ0v) is 18.7. The average molecular weight is 462 g/mol. The number of carbonyl (C=O) groups is 2. The molecular formula is C17H21Cl2N5O2S2. The largest absolute Gasteiger partial charge is 0.337 e. The number of carbonyl (C=O) groups excluding carboxylic acids is 2. The van der Waals surface area contributed by atoms with Crippen molar-refractivity contribution in [2.24, 2.45) is 0 Å². The fourth-order valence-corrected chi connectivity index (χ4v) is 4.47. The van der Waals surface area contributed by atoms with Crippen molar-refractivity contribution in [1.29, 1.82) is 0 Å². The summed E-state index contributed by atoms with van der Waals surface area (Å²) in [6.07, 6.45) is 2.46. The molecule has 1 atom stereocenters. The molecule has 28 heavy (non-hydrogen) atoms. The number of rotatable bonds is 10. The van der Waals surface area contributed by atoms with E-state index in [1.807, 2.05) is 6.92 Å². The minimum Gasteiger partial charge on any atom is -0.337 e. The summed E-state index contributed by atoms with van der Waals surface area (Å²) in [7, 11) is 0. The maximum absolute atomic E-state index is 12.6. The molecule has 7 nitrogen and oxygen atoms in total. The Morgan fingerprint density at radius 2 is 1.96 bits per heavy atom. The van der Waals surface area contributed by atoms with Crippen molar-refractivity contribution < 1.29 is 9.59 Å². The quantitative estimate of drug-likeness (QED) is 0.511. The molecule has 0 saturated carbocycles. The lowest BCUT2D eigenvalue weighted by Gasteiger charge is -2.15.